The molecule has 0 aliphatic carbocycles. The number of hydrogen-bond acceptors (Lipinski definition) is 3. The maximum atomic E-state index is 10.8. The molecule has 0 aliphatic heterocycles. The number of methoxy groups -OCH3 is 1. The highest BCUT2D eigenvalue weighted by molar-refractivity contribution is 7.13. The minimum Gasteiger partial charge on any atom is -0.466 e. The molecule has 1 aromatic heterocycles. The molecule has 14 heavy (non-hydrogen) atoms. The van der Waals surface area contributed by atoms with Crippen LogP contribution in [0.3, 0.4) is 0 Å². The molecule has 0 unspecified atom stereocenters. The molecule has 0 aliphatic rings. The van der Waals surface area contributed by atoms with Gasteiger partial charge in [0.05, 0.1) is 7.11 Å². The van der Waals surface area contributed by atoms with Crippen LogP contribution in [0.2, 0.25) is 0 Å². The molecule has 1 rings (SSSR count). The second-order valence-electron chi connectivity index (χ2n) is 2.60. The molecule has 0 bridgehead atoms. The van der Waals surface area contributed by atoms with Gasteiger partial charge in [-0.3, -0.25) is 0 Å². The van der Waals surface area contributed by atoms with E-state index in [9.17, 15) is 4.79 Å². The third-order valence-electron chi connectivity index (χ3n) is 1.56. The van der Waals surface area contributed by atoms with Crippen LogP contribution in [0.4, 0.5) is 0 Å². The zero-order valence-corrected chi connectivity index (χ0v) is 9.01. The van der Waals surface area contributed by atoms with Gasteiger partial charge in [0.25, 0.3) is 0 Å². The van der Waals surface area contributed by atoms with Crippen molar-refractivity contribution in [3.05, 3.63) is 34.0 Å². The van der Waals surface area contributed by atoms with E-state index < -0.39 is 0 Å². The molecule has 0 N–H and O–H groups in total. The Hall–Kier alpha value is -1.35. The number of carbonyl (C=O) groups excluding carboxylic acids is 1. The highest BCUT2D eigenvalue weighted by Gasteiger charge is 1.95. The van der Waals surface area contributed by atoms with Crippen LogP contribution in [-0.4, -0.2) is 13.1 Å². The van der Waals surface area contributed by atoms with Gasteiger partial charge in [-0.15, -0.1) is 11.3 Å². The maximum Gasteiger partial charge on any atom is 0.330 e. The van der Waals surface area contributed by atoms with E-state index >= 15 is 0 Å². The summed E-state index contributed by atoms with van der Waals surface area (Å²) >= 11 is 1.63. The highest BCUT2D eigenvalue weighted by Crippen LogP contribution is 2.19. The zero-order chi connectivity index (χ0) is 10.4. The van der Waals surface area contributed by atoms with Crippen LogP contribution in [0.15, 0.2) is 24.3 Å². The van der Waals surface area contributed by atoms with Gasteiger partial charge in [-0.25, -0.2) is 4.79 Å². The van der Waals surface area contributed by atoms with Crippen LogP contribution in [0.5, 0.6) is 0 Å². The molecule has 3 heteroatoms. The Morgan fingerprint density at radius 3 is 2.57 bits per heavy atom. The monoisotopic (exact) mass is 208 g/mol. The van der Waals surface area contributed by atoms with Gasteiger partial charge < -0.3 is 4.74 Å². The zero-order valence-electron chi connectivity index (χ0n) is 8.19. The minimum absolute atomic E-state index is 0.328. The van der Waals surface area contributed by atoms with Gasteiger partial charge in [-0.2, -0.15) is 0 Å². The maximum absolute atomic E-state index is 10.8. The van der Waals surface area contributed by atoms with Crippen molar-refractivity contribution < 1.29 is 9.53 Å². The number of ether oxygens (including phenoxy) is 1. The normalized spacial score (nSPS) is 11.3. The van der Waals surface area contributed by atoms with Gasteiger partial charge in [0.2, 0.25) is 0 Å². The summed E-state index contributed by atoms with van der Waals surface area (Å²) in [6.45, 7) is 1.98. The van der Waals surface area contributed by atoms with Crippen LogP contribution >= 0.6 is 11.3 Å². The molecule has 2 nitrogen and oxygen atoms in total. The highest BCUT2D eigenvalue weighted by atomic mass is 32.1. The van der Waals surface area contributed by atoms with Crippen molar-refractivity contribution in [3.63, 3.8) is 0 Å². The molecule has 1 heterocycles. The fourth-order valence-corrected chi connectivity index (χ4v) is 1.81. The van der Waals surface area contributed by atoms with Crippen molar-refractivity contribution in [2.75, 3.05) is 7.11 Å². The molecule has 0 amide bonds. The van der Waals surface area contributed by atoms with E-state index in [1.165, 1.54) is 18.1 Å². The Morgan fingerprint density at radius 1 is 1.36 bits per heavy atom. The van der Waals surface area contributed by atoms with Gasteiger partial charge in [-0.1, -0.05) is 6.08 Å². The standard InChI is InChI=1S/C11H12O2S/c1-3-4-9-5-6-10(14-9)7-8-11(12)13-2/h3-8H,1-2H3. The van der Waals surface area contributed by atoms with Crippen LogP contribution in [0.25, 0.3) is 12.2 Å². The Labute approximate surface area is 87.5 Å². The summed E-state index contributed by atoms with van der Waals surface area (Å²) in [6, 6.07) is 3.99. The molecule has 0 spiro atoms. The summed E-state index contributed by atoms with van der Waals surface area (Å²) in [5.74, 6) is -0.328. The topological polar surface area (TPSA) is 26.3 Å². The summed E-state index contributed by atoms with van der Waals surface area (Å²) in [5.41, 5.74) is 0. The molecule has 0 saturated carbocycles. The lowest BCUT2D eigenvalue weighted by Crippen LogP contribution is -1.92. The van der Waals surface area contributed by atoms with Crippen molar-refractivity contribution >= 4 is 29.5 Å². The third-order valence-corrected chi connectivity index (χ3v) is 2.58. The smallest absolute Gasteiger partial charge is 0.330 e. The van der Waals surface area contributed by atoms with Gasteiger partial charge >= 0.3 is 5.97 Å². The Bertz CT molecular complexity index is 361. The number of rotatable bonds is 3. The van der Waals surface area contributed by atoms with Crippen molar-refractivity contribution in [2.45, 2.75) is 6.92 Å². The van der Waals surface area contributed by atoms with E-state index in [4.69, 9.17) is 0 Å². The number of thiophene rings is 1. The van der Waals surface area contributed by atoms with Crippen molar-refractivity contribution in [1.82, 2.24) is 0 Å². The summed E-state index contributed by atoms with van der Waals surface area (Å²) < 4.78 is 4.49. The van der Waals surface area contributed by atoms with E-state index in [1.54, 1.807) is 17.4 Å². The molecular weight excluding hydrogens is 196 g/mol. The molecule has 0 aromatic carbocycles. The second-order valence-corrected chi connectivity index (χ2v) is 3.74. The van der Waals surface area contributed by atoms with Crippen LogP contribution in [-0.2, 0) is 9.53 Å². The second kappa shape index (κ2) is 5.40. The fourth-order valence-electron chi connectivity index (χ4n) is 0.930. The predicted octanol–water partition coefficient (Wildman–Crippen LogP) is 2.97. The summed E-state index contributed by atoms with van der Waals surface area (Å²) in [4.78, 5) is 13.0. The lowest BCUT2D eigenvalue weighted by molar-refractivity contribution is -0.134. The van der Waals surface area contributed by atoms with E-state index in [-0.39, 0.29) is 5.97 Å². The van der Waals surface area contributed by atoms with E-state index in [0.29, 0.717) is 0 Å². The molecular formula is C11H12O2S. The molecule has 0 radical (unpaired) electrons. The van der Waals surface area contributed by atoms with Crippen LogP contribution < -0.4 is 0 Å². The first-order valence-corrected chi connectivity index (χ1v) is 5.06. The van der Waals surface area contributed by atoms with Crippen molar-refractivity contribution in [3.8, 4) is 0 Å². The Morgan fingerprint density at radius 2 is 2.00 bits per heavy atom. The average Bonchev–Trinajstić information content (AvgIpc) is 2.63. The largest absolute Gasteiger partial charge is 0.466 e. The van der Waals surface area contributed by atoms with Crippen LogP contribution in [0, 0.1) is 0 Å². The number of hydrogen-bond donors (Lipinski definition) is 0. The van der Waals surface area contributed by atoms with Crippen molar-refractivity contribution in [1.29, 1.82) is 0 Å². The Kier molecular flexibility index (Phi) is 4.13. The molecule has 0 atom stereocenters. The Balaban J connectivity index is 2.68. The first kappa shape index (κ1) is 10.7. The lowest BCUT2D eigenvalue weighted by Gasteiger charge is -1.87. The fraction of sp³-hybridized carbons (Fsp3) is 0.182. The average molecular weight is 208 g/mol. The van der Waals surface area contributed by atoms with Gasteiger partial charge in [0.1, 0.15) is 0 Å². The molecule has 0 saturated heterocycles. The summed E-state index contributed by atoms with van der Waals surface area (Å²) in [7, 11) is 1.37. The molecule has 1 aromatic rings. The van der Waals surface area contributed by atoms with Gasteiger partial charge in [-0.05, 0) is 31.2 Å². The van der Waals surface area contributed by atoms with Gasteiger partial charge in [0.15, 0.2) is 0 Å². The van der Waals surface area contributed by atoms with Crippen molar-refractivity contribution in [2.24, 2.45) is 0 Å². The third kappa shape index (κ3) is 3.18. The first-order valence-electron chi connectivity index (χ1n) is 4.25. The molecule has 74 valence electrons. The van der Waals surface area contributed by atoms with E-state index in [0.717, 1.165) is 4.88 Å². The lowest BCUT2D eigenvalue weighted by atomic mass is 10.4. The number of carbonyl (C=O) groups is 1. The minimum atomic E-state index is -0.328. The van der Waals surface area contributed by atoms with Crippen LogP contribution in [0.1, 0.15) is 16.7 Å². The van der Waals surface area contributed by atoms with Gasteiger partial charge in [0, 0.05) is 15.8 Å². The molecule has 0 fully saturated rings. The first-order chi connectivity index (χ1) is 6.76. The number of allylic oxidation sites excluding steroid dienone is 1. The summed E-state index contributed by atoms with van der Waals surface area (Å²) in [6.07, 6.45) is 7.19. The predicted molar refractivity (Wildman–Crippen MR) is 60.1 cm³/mol. The van der Waals surface area contributed by atoms with E-state index in [1.807, 2.05) is 31.2 Å². The number of esters is 1. The quantitative estimate of drug-likeness (QED) is 0.564. The summed E-state index contributed by atoms with van der Waals surface area (Å²) in [5, 5.41) is 0. The van der Waals surface area contributed by atoms with E-state index in [2.05, 4.69) is 4.74 Å². The SMILES string of the molecule is CC=Cc1ccc(C=CC(=O)OC)s1.